The number of likely N-dealkylation sites (tertiary alicyclic amines) is 1. The smallest absolute Gasteiger partial charge is 0.274 e. The SMILES string of the molecule is Cc1ccc(C(=O)NOCCN2CCCC2)cc1. The summed E-state index contributed by atoms with van der Waals surface area (Å²) in [6.45, 7) is 5.71. The summed E-state index contributed by atoms with van der Waals surface area (Å²) in [6.07, 6.45) is 2.55. The zero-order valence-electron chi connectivity index (χ0n) is 10.8. The van der Waals surface area contributed by atoms with Gasteiger partial charge in [-0.15, -0.1) is 0 Å². The number of nitrogens with zero attached hydrogens (tertiary/aromatic N) is 1. The Labute approximate surface area is 108 Å². The molecule has 1 aliphatic rings. The van der Waals surface area contributed by atoms with Crippen LogP contribution in [0.5, 0.6) is 0 Å². The second kappa shape index (κ2) is 6.52. The van der Waals surface area contributed by atoms with Gasteiger partial charge in [0.2, 0.25) is 0 Å². The van der Waals surface area contributed by atoms with Crippen LogP contribution in [0, 0.1) is 6.92 Å². The van der Waals surface area contributed by atoms with Gasteiger partial charge in [-0.2, -0.15) is 0 Å². The molecule has 2 rings (SSSR count). The van der Waals surface area contributed by atoms with Crippen LogP contribution in [0.1, 0.15) is 28.8 Å². The monoisotopic (exact) mass is 248 g/mol. The second-order valence-electron chi connectivity index (χ2n) is 4.69. The molecule has 0 atom stereocenters. The lowest BCUT2D eigenvalue weighted by Crippen LogP contribution is -2.30. The molecule has 0 saturated carbocycles. The van der Waals surface area contributed by atoms with Gasteiger partial charge in [-0.05, 0) is 45.0 Å². The fraction of sp³-hybridized carbons (Fsp3) is 0.500. The van der Waals surface area contributed by atoms with Gasteiger partial charge in [-0.25, -0.2) is 5.48 Å². The number of nitrogens with one attached hydrogen (secondary N) is 1. The quantitative estimate of drug-likeness (QED) is 0.637. The van der Waals surface area contributed by atoms with E-state index in [-0.39, 0.29) is 5.91 Å². The van der Waals surface area contributed by atoms with Gasteiger partial charge in [0.15, 0.2) is 0 Å². The van der Waals surface area contributed by atoms with Crippen LogP contribution in [0.3, 0.4) is 0 Å². The first-order valence-electron chi connectivity index (χ1n) is 6.47. The molecular formula is C14H20N2O2. The summed E-state index contributed by atoms with van der Waals surface area (Å²) in [7, 11) is 0. The van der Waals surface area contributed by atoms with Crippen LogP contribution in [0.2, 0.25) is 0 Å². The Balaban J connectivity index is 1.66. The summed E-state index contributed by atoms with van der Waals surface area (Å²) < 4.78 is 0. The maximum Gasteiger partial charge on any atom is 0.274 e. The van der Waals surface area contributed by atoms with Gasteiger partial charge in [-0.1, -0.05) is 17.7 Å². The van der Waals surface area contributed by atoms with Crippen LogP contribution in [0.15, 0.2) is 24.3 Å². The zero-order valence-corrected chi connectivity index (χ0v) is 10.8. The lowest BCUT2D eigenvalue weighted by Gasteiger charge is -2.14. The van der Waals surface area contributed by atoms with E-state index < -0.39 is 0 Å². The summed E-state index contributed by atoms with van der Waals surface area (Å²) in [6, 6.07) is 7.43. The van der Waals surface area contributed by atoms with Crippen LogP contribution in [-0.2, 0) is 4.84 Å². The summed E-state index contributed by atoms with van der Waals surface area (Å²) >= 11 is 0. The number of carbonyl (C=O) groups excluding carboxylic acids is 1. The van der Waals surface area contributed by atoms with Crippen molar-refractivity contribution in [3.05, 3.63) is 35.4 Å². The average molecular weight is 248 g/mol. The van der Waals surface area contributed by atoms with E-state index in [0.717, 1.165) is 25.2 Å². The second-order valence-corrected chi connectivity index (χ2v) is 4.69. The summed E-state index contributed by atoms with van der Waals surface area (Å²) in [5.41, 5.74) is 4.24. The summed E-state index contributed by atoms with van der Waals surface area (Å²) in [5.74, 6) is -0.184. The molecule has 1 saturated heterocycles. The van der Waals surface area contributed by atoms with Crippen LogP contribution < -0.4 is 5.48 Å². The van der Waals surface area contributed by atoms with E-state index in [1.54, 1.807) is 12.1 Å². The van der Waals surface area contributed by atoms with Crippen LogP contribution >= 0.6 is 0 Å². The molecule has 1 aliphatic heterocycles. The third kappa shape index (κ3) is 3.82. The van der Waals surface area contributed by atoms with Crippen molar-refractivity contribution in [1.29, 1.82) is 0 Å². The third-order valence-electron chi connectivity index (χ3n) is 3.19. The first kappa shape index (κ1) is 13.1. The lowest BCUT2D eigenvalue weighted by atomic mass is 10.1. The number of aryl methyl sites for hydroxylation is 1. The third-order valence-corrected chi connectivity index (χ3v) is 3.19. The number of benzene rings is 1. The molecule has 1 aromatic rings. The molecule has 0 bridgehead atoms. The number of amides is 1. The fourth-order valence-electron chi connectivity index (χ4n) is 2.06. The maximum absolute atomic E-state index is 11.7. The molecule has 1 heterocycles. The molecule has 1 aromatic carbocycles. The first-order chi connectivity index (χ1) is 8.75. The van der Waals surface area contributed by atoms with Crippen molar-refractivity contribution < 1.29 is 9.63 Å². The molecule has 0 radical (unpaired) electrons. The van der Waals surface area contributed by atoms with E-state index in [1.807, 2.05) is 19.1 Å². The minimum Gasteiger partial charge on any atom is -0.301 e. The van der Waals surface area contributed by atoms with Crippen molar-refractivity contribution in [2.75, 3.05) is 26.2 Å². The molecule has 4 heteroatoms. The largest absolute Gasteiger partial charge is 0.301 e. The average Bonchev–Trinajstić information content (AvgIpc) is 2.88. The fourth-order valence-corrected chi connectivity index (χ4v) is 2.06. The summed E-state index contributed by atoms with van der Waals surface area (Å²) in [5, 5.41) is 0. The molecule has 0 aromatic heterocycles. The number of hydrogen-bond acceptors (Lipinski definition) is 3. The van der Waals surface area contributed by atoms with Crippen LogP contribution in [0.4, 0.5) is 0 Å². The number of hydroxylamine groups is 1. The predicted octanol–water partition coefficient (Wildman–Crippen LogP) is 1.75. The minimum absolute atomic E-state index is 0.184. The van der Waals surface area contributed by atoms with Crippen molar-refractivity contribution in [2.24, 2.45) is 0 Å². The van der Waals surface area contributed by atoms with Crippen molar-refractivity contribution in [1.82, 2.24) is 10.4 Å². The topological polar surface area (TPSA) is 41.6 Å². The number of hydrogen-bond donors (Lipinski definition) is 1. The number of carbonyl (C=O) groups is 1. The van der Waals surface area contributed by atoms with E-state index in [1.165, 1.54) is 12.8 Å². The highest BCUT2D eigenvalue weighted by Crippen LogP contribution is 2.06. The van der Waals surface area contributed by atoms with E-state index in [4.69, 9.17) is 4.84 Å². The van der Waals surface area contributed by atoms with Crippen molar-refractivity contribution in [3.63, 3.8) is 0 Å². The Morgan fingerprint density at radius 1 is 1.28 bits per heavy atom. The van der Waals surface area contributed by atoms with Crippen LogP contribution in [0.25, 0.3) is 0 Å². The van der Waals surface area contributed by atoms with Gasteiger partial charge in [0.25, 0.3) is 5.91 Å². The number of rotatable bonds is 5. The Morgan fingerprint density at radius 3 is 2.61 bits per heavy atom. The van der Waals surface area contributed by atoms with Crippen molar-refractivity contribution >= 4 is 5.91 Å². The van der Waals surface area contributed by atoms with Gasteiger partial charge in [0, 0.05) is 12.1 Å². The molecular weight excluding hydrogens is 228 g/mol. The Hall–Kier alpha value is -1.39. The van der Waals surface area contributed by atoms with Crippen molar-refractivity contribution in [2.45, 2.75) is 19.8 Å². The van der Waals surface area contributed by atoms with Gasteiger partial charge in [0.05, 0.1) is 6.61 Å². The minimum atomic E-state index is -0.184. The predicted molar refractivity (Wildman–Crippen MR) is 70.3 cm³/mol. The molecule has 0 spiro atoms. The van der Waals surface area contributed by atoms with E-state index in [2.05, 4.69) is 10.4 Å². The molecule has 98 valence electrons. The van der Waals surface area contributed by atoms with E-state index in [9.17, 15) is 4.79 Å². The highest BCUT2D eigenvalue weighted by molar-refractivity contribution is 5.93. The Bertz CT molecular complexity index is 383. The molecule has 1 N–H and O–H groups in total. The van der Waals surface area contributed by atoms with Gasteiger partial charge in [0.1, 0.15) is 0 Å². The van der Waals surface area contributed by atoms with E-state index >= 15 is 0 Å². The first-order valence-corrected chi connectivity index (χ1v) is 6.47. The van der Waals surface area contributed by atoms with Gasteiger partial charge in [-0.3, -0.25) is 9.63 Å². The standard InChI is InChI=1S/C14H20N2O2/c1-12-4-6-13(7-5-12)14(17)15-18-11-10-16-8-2-3-9-16/h4-7H,2-3,8-11H2,1H3,(H,15,17). The van der Waals surface area contributed by atoms with Gasteiger partial charge >= 0.3 is 0 Å². The molecule has 4 nitrogen and oxygen atoms in total. The molecule has 18 heavy (non-hydrogen) atoms. The Kier molecular flexibility index (Phi) is 4.73. The molecule has 0 aliphatic carbocycles. The maximum atomic E-state index is 11.7. The van der Waals surface area contributed by atoms with Gasteiger partial charge < -0.3 is 4.90 Å². The van der Waals surface area contributed by atoms with Crippen molar-refractivity contribution in [3.8, 4) is 0 Å². The Morgan fingerprint density at radius 2 is 1.94 bits per heavy atom. The molecule has 1 amide bonds. The lowest BCUT2D eigenvalue weighted by molar-refractivity contribution is 0.0244. The van der Waals surface area contributed by atoms with Crippen LogP contribution in [-0.4, -0.2) is 37.0 Å². The molecule has 0 unspecified atom stereocenters. The highest BCUT2D eigenvalue weighted by Gasteiger charge is 2.11. The zero-order chi connectivity index (χ0) is 12.8. The normalized spacial score (nSPS) is 15.8. The van der Waals surface area contributed by atoms with E-state index in [0.29, 0.717) is 12.2 Å². The highest BCUT2D eigenvalue weighted by atomic mass is 16.6. The summed E-state index contributed by atoms with van der Waals surface area (Å²) in [4.78, 5) is 19.2. The molecule has 1 fully saturated rings.